The summed E-state index contributed by atoms with van der Waals surface area (Å²) in [6.07, 6.45) is 1.30. The summed E-state index contributed by atoms with van der Waals surface area (Å²) in [5.74, 6) is 0.122. The molecule has 2 heterocycles. The predicted molar refractivity (Wildman–Crippen MR) is 125 cm³/mol. The highest BCUT2D eigenvalue weighted by atomic mass is 16.9. The lowest BCUT2D eigenvalue weighted by Gasteiger charge is -2.26. The third-order valence-corrected chi connectivity index (χ3v) is 6.16. The van der Waals surface area contributed by atoms with Gasteiger partial charge >= 0.3 is 0 Å². The molecule has 0 spiro atoms. The Balaban J connectivity index is 1.36. The van der Waals surface area contributed by atoms with Crippen molar-refractivity contribution < 1.29 is 28.4 Å². The molecule has 0 saturated carbocycles. The Morgan fingerprint density at radius 2 is 1.06 bits per heavy atom. The fourth-order valence-corrected chi connectivity index (χ4v) is 3.84. The van der Waals surface area contributed by atoms with Crippen LogP contribution in [0.4, 0.5) is 0 Å². The fraction of sp³-hybridized carbons (Fsp3) is 0.556. The number of hydrogen-bond acceptors (Lipinski definition) is 6. The van der Waals surface area contributed by atoms with Crippen LogP contribution in [0.5, 0.6) is 11.5 Å². The van der Waals surface area contributed by atoms with E-state index in [1.165, 1.54) is 11.1 Å². The number of ether oxygens (including phenoxy) is 6. The second-order valence-electron chi connectivity index (χ2n) is 9.55. The van der Waals surface area contributed by atoms with Crippen LogP contribution < -0.4 is 9.47 Å². The first kappa shape index (κ1) is 24.0. The van der Waals surface area contributed by atoms with Crippen LogP contribution in [0.1, 0.15) is 65.5 Å². The lowest BCUT2D eigenvalue weighted by atomic mass is 9.78. The Morgan fingerprint density at radius 1 is 0.697 bits per heavy atom. The van der Waals surface area contributed by atoms with Crippen molar-refractivity contribution in [2.75, 3.05) is 13.2 Å². The maximum atomic E-state index is 6.01. The van der Waals surface area contributed by atoms with Gasteiger partial charge in [0.15, 0.2) is 0 Å². The van der Waals surface area contributed by atoms with E-state index in [9.17, 15) is 0 Å². The smallest absolute Gasteiger partial charge is 0.261 e. The number of rotatable bonds is 12. The molecule has 4 unspecified atom stereocenters. The molecule has 0 radical (unpaired) electrons. The molecule has 0 aromatic heterocycles. The van der Waals surface area contributed by atoms with Crippen molar-refractivity contribution >= 4 is 0 Å². The first-order valence-electron chi connectivity index (χ1n) is 11.9. The quantitative estimate of drug-likeness (QED) is 0.378. The molecule has 2 aliphatic rings. The molecule has 6 heteroatoms. The summed E-state index contributed by atoms with van der Waals surface area (Å²) in [6.45, 7) is 13.7. The number of epoxide rings is 2. The molecule has 6 nitrogen and oxygen atoms in total. The second kappa shape index (κ2) is 9.26. The topological polar surface area (TPSA) is 62.0 Å². The largest absolute Gasteiger partial charge is 0.457 e. The van der Waals surface area contributed by atoms with Crippen LogP contribution in [0.15, 0.2) is 48.5 Å². The van der Waals surface area contributed by atoms with E-state index in [0.717, 1.165) is 24.3 Å². The molecule has 0 N–H and O–H groups in total. The Labute approximate surface area is 197 Å². The molecule has 180 valence electrons. The van der Waals surface area contributed by atoms with Gasteiger partial charge in [-0.25, -0.2) is 0 Å². The minimum Gasteiger partial charge on any atom is -0.457 e. The fourth-order valence-electron chi connectivity index (χ4n) is 3.84. The standard InChI is InChI=1S/C27H36O6/c1-7-17-28-23-26(5,32-23)30-21-13-9-19(10-14-21)25(3,4)20-11-15-22(16-12-20)31-27(6)24(33-27)29-18-8-2/h9-16,23-24H,7-8,17-18H2,1-6H3. The summed E-state index contributed by atoms with van der Waals surface area (Å²) in [4.78, 5) is 0. The summed E-state index contributed by atoms with van der Waals surface area (Å²) < 4.78 is 34.4. The van der Waals surface area contributed by atoms with Gasteiger partial charge in [-0.1, -0.05) is 52.0 Å². The van der Waals surface area contributed by atoms with Gasteiger partial charge in [-0.05, 0) is 48.2 Å². The third-order valence-electron chi connectivity index (χ3n) is 6.16. The van der Waals surface area contributed by atoms with Crippen LogP contribution in [0.2, 0.25) is 0 Å². The van der Waals surface area contributed by atoms with E-state index >= 15 is 0 Å². The molecule has 2 fully saturated rings. The molecule has 0 bridgehead atoms. The summed E-state index contributed by atoms with van der Waals surface area (Å²) in [7, 11) is 0. The molecular weight excluding hydrogens is 420 g/mol. The van der Waals surface area contributed by atoms with Crippen LogP contribution in [-0.2, 0) is 24.4 Å². The van der Waals surface area contributed by atoms with E-state index < -0.39 is 11.6 Å². The molecular formula is C27H36O6. The highest BCUT2D eigenvalue weighted by Gasteiger charge is 2.57. The molecule has 4 atom stereocenters. The van der Waals surface area contributed by atoms with Gasteiger partial charge in [-0.3, -0.25) is 9.47 Å². The average molecular weight is 457 g/mol. The van der Waals surface area contributed by atoms with Crippen molar-refractivity contribution in [3.8, 4) is 11.5 Å². The lowest BCUT2D eigenvalue weighted by Crippen LogP contribution is -2.22. The Bertz CT molecular complexity index is 849. The zero-order valence-corrected chi connectivity index (χ0v) is 20.6. The summed E-state index contributed by atoms with van der Waals surface area (Å²) in [5, 5.41) is 0. The maximum Gasteiger partial charge on any atom is 0.261 e. The van der Waals surface area contributed by atoms with Crippen LogP contribution in [0.3, 0.4) is 0 Å². The number of hydrogen-bond donors (Lipinski definition) is 0. The van der Waals surface area contributed by atoms with Crippen LogP contribution in [0.25, 0.3) is 0 Å². The Morgan fingerprint density at radius 3 is 1.39 bits per heavy atom. The monoisotopic (exact) mass is 456 g/mol. The van der Waals surface area contributed by atoms with E-state index in [1.54, 1.807) is 0 Å². The first-order valence-corrected chi connectivity index (χ1v) is 11.9. The minimum atomic E-state index is -0.704. The zero-order valence-electron chi connectivity index (χ0n) is 20.6. The van der Waals surface area contributed by atoms with Crippen molar-refractivity contribution in [1.29, 1.82) is 0 Å². The van der Waals surface area contributed by atoms with Gasteiger partial charge in [0.25, 0.3) is 11.6 Å². The van der Waals surface area contributed by atoms with Gasteiger partial charge in [0.2, 0.25) is 12.6 Å². The summed E-state index contributed by atoms with van der Waals surface area (Å²) in [5.41, 5.74) is 2.20. The number of benzene rings is 2. The lowest BCUT2D eigenvalue weighted by molar-refractivity contribution is 0.0488. The summed E-state index contributed by atoms with van der Waals surface area (Å²) in [6, 6.07) is 16.3. The van der Waals surface area contributed by atoms with Crippen molar-refractivity contribution in [1.82, 2.24) is 0 Å². The van der Waals surface area contributed by atoms with Crippen molar-refractivity contribution in [2.24, 2.45) is 0 Å². The van der Waals surface area contributed by atoms with E-state index in [0.29, 0.717) is 13.2 Å². The van der Waals surface area contributed by atoms with Gasteiger partial charge in [0.1, 0.15) is 11.5 Å². The van der Waals surface area contributed by atoms with E-state index in [-0.39, 0.29) is 18.0 Å². The molecule has 0 aliphatic carbocycles. The van der Waals surface area contributed by atoms with Crippen molar-refractivity contribution in [3.63, 3.8) is 0 Å². The molecule has 4 rings (SSSR count). The van der Waals surface area contributed by atoms with E-state index in [1.807, 2.05) is 38.1 Å². The minimum absolute atomic E-state index is 0.184. The Hall–Kier alpha value is -2.12. The zero-order chi connectivity index (χ0) is 23.7. The average Bonchev–Trinajstić information content (AvgIpc) is 3.65. The van der Waals surface area contributed by atoms with Crippen molar-refractivity contribution in [3.05, 3.63) is 59.7 Å². The van der Waals surface area contributed by atoms with E-state index in [4.69, 9.17) is 28.4 Å². The first-order chi connectivity index (χ1) is 15.7. The van der Waals surface area contributed by atoms with Crippen molar-refractivity contribution in [2.45, 2.75) is 84.0 Å². The molecule has 2 saturated heterocycles. The highest BCUT2D eigenvalue weighted by molar-refractivity contribution is 5.42. The van der Waals surface area contributed by atoms with Crippen LogP contribution >= 0.6 is 0 Å². The van der Waals surface area contributed by atoms with Crippen LogP contribution in [-0.4, -0.2) is 37.4 Å². The SMILES string of the molecule is CCCOC1OC1(C)Oc1ccc(C(C)(C)c2ccc(OC3(C)OC3OCCC)cc2)cc1. The predicted octanol–water partition coefficient (Wildman–Crippen LogP) is 5.77. The molecule has 33 heavy (non-hydrogen) atoms. The van der Waals surface area contributed by atoms with Gasteiger partial charge < -0.3 is 18.9 Å². The van der Waals surface area contributed by atoms with Gasteiger partial charge in [0.05, 0.1) is 0 Å². The maximum absolute atomic E-state index is 6.01. The van der Waals surface area contributed by atoms with E-state index in [2.05, 4.69) is 52.0 Å². The third kappa shape index (κ3) is 5.35. The highest BCUT2D eigenvalue weighted by Crippen LogP contribution is 2.41. The molecule has 0 amide bonds. The van der Waals surface area contributed by atoms with Crippen LogP contribution in [0, 0.1) is 0 Å². The normalized spacial score (nSPS) is 28.4. The molecule has 2 aromatic rings. The van der Waals surface area contributed by atoms with Gasteiger partial charge in [0, 0.05) is 32.5 Å². The Kier molecular flexibility index (Phi) is 6.74. The van der Waals surface area contributed by atoms with Gasteiger partial charge in [-0.2, -0.15) is 0 Å². The molecule has 2 aromatic carbocycles. The van der Waals surface area contributed by atoms with Gasteiger partial charge in [-0.15, -0.1) is 0 Å². The second-order valence-corrected chi connectivity index (χ2v) is 9.55. The summed E-state index contributed by atoms with van der Waals surface area (Å²) >= 11 is 0. The molecule has 2 aliphatic heterocycles.